The first kappa shape index (κ1) is 52.8. The van der Waals surface area contributed by atoms with Gasteiger partial charge in [-0.25, -0.2) is 9.97 Å². The predicted octanol–water partition coefficient (Wildman–Crippen LogP) is 10.6. The summed E-state index contributed by atoms with van der Waals surface area (Å²) >= 11 is 3.21. The summed E-state index contributed by atoms with van der Waals surface area (Å²) in [5, 5.41) is 8.00. The van der Waals surface area contributed by atoms with E-state index >= 15 is 0 Å². The fourth-order valence-electron chi connectivity index (χ4n) is 9.21. The number of hydrogen-bond donors (Lipinski definition) is 2. The average Bonchev–Trinajstić information content (AvgIpc) is 4.21. The van der Waals surface area contributed by atoms with Crippen molar-refractivity contribution in [2.45, 2.75) is 97.8 Å². The summed E-state index contributed by atoms with van der Waals surface area (Å²) in [6.07, 6.45) is 7.24. The normalized spacial score (nSPS) is 14.4. The Labute approximate surface area is 428 Å². The van der Waals surface area contributed by atoms with Crippen molar-refractivity contribution < 1.29 is 19.2 Å². The van der Waals surface area contributed by atoms with Crippen LogP contribution in [0, 0.1) is 0 Å². The van der Waals surface area contributed by atoms with Crippen LogP contribution in [0.25, 0.3) is 32.0 Å². The summed E-state index contributed by atoms with van der Waals surface area (Å²) in [5.74, 6) is -0.303. The first-order valence-corrected chi connectivity index (χ1v) is 27.1. The third-order valence-electron chi connectivity index (χ3n) is 13.4. The van der Waals surface area contributed by atoms with Crippen LogP contribution in [-0.2, 0) is 25.7 Å². The second-order valence-corrected chi connectivity index (χ2v) is 20.2. The Morgan fingerprint density at radius 3 is 1.72 bits per heavy atom. The SMILES string of the molecule is CCCN(Cc1ncc(-c2ccc(-c3ccc(-c4cnc(C5CCCN5C(=O)CC(NC(=O)CCN(CC)CC)c5ccccc5)s4)cc3)cc2)s1)C(=O)C(NC(=O)CCN(CC)CC)c1ccccc1. The second-order valence-electron chi connectivity index (χ2n) is 18.0. The summed E-state index contributed by atoms with van der Waals surface area (Å²) in [4.78, 5) is 74.5. The van der Waals surface area contributed by atoms with Crippen LogP contribution in [0.5, 0.6) is 0 Å². The number of carbonyl (C=O) groups excluding carboxylic acids is 4. The molecule has 1 aliphatic heterocycles. The van der Waals surface area contributed by atoms with E-state index in [1.807, 2.05) is 82.9 Å². The molecule has 7 rings (SSSR count). The monoisotopic (exact) mass is 994 g/mol. The Morgan fingerprint density at radius 1 is 0.634 bits per heavy atom. The van der Waals surface area contributed by atoms with Gasteiger partial charge in [-0.2, -0.15) is 0 Å². The summed E-state index contributed by atoms with van der Waals surface area (Å²) in [7, 11) is 0. The molecule has 374 valence electrons. The molecule has 1 saturated heterocycles. The van der Waals surface area contributed by atoms with E-state index in [0.29, 0.717) is 45.6 Å². The standard InChI is InChI=1S/C57H70N8O4S2/c1-6-33-64(57(69)55(46-20-15-12-16-21-46)61-52(67)32-36-63(9-4)10-5)40-53-58-38-49(70-53)44-27-23-41(24-28-44)42-25-29-45(30-26-42)50-39-59-56(71-50)48-22-17-34-65(48)54(68)37-47(43-18-13-11-14-19-43)60-51(66)31-35-62(7-2)8-3/h11-16,18-21,23-30,38-39,47-48,55H,6-10,17,22,31-37,40H2,1-5H3,(H,60,66)(H,61,67). The lowest BCUT2D eigenvalue weighted by atomic mass is 10.0. The van der Waals surface area contributed by atoms with Crippen LogP contribution in [-0.4, -0.2) is 106 Å². The number of likely N-dealkylation sites (tertiary alicyclic amines) is 1. The van der Waals surface area contributed by atoms with Crippen LogP contribution in [0.4, 0.5) is 0 Å². The van der Waals surface area contributed by atoms with Gasteiger partial charge < -0.3 is 30.2 Å². The third kappa shape index (κ3) is 14.3. The van der Waals surface area contributed by atoms with Gasteiger partial charge in [-0.3, -0.25) is 19.2 Å². The largest absolute Gasteiger partial charge is 0.349 e. The van der Waals surface area contributed by atoms with Gasteiger partial charge in [0.2, 0.25) is 23.6 Å². The molecule has 0 bridgehead atoms. The van der Waals surface area contributed by atoms with Crippen molar-refractivity contribution in [3.05, 3.63) is 143 Å². The zero-order chi connectivity index (χ0) is 50.1. The number of nitrogens with one attached hydrogen (secondary N) is 2. The van der Waals surface area contributed by atoms with Gasteiger partial charge in [0, 0.05) is 51.4 Å². The van der Waals surface area contributed by atoms with Gasteiger partial charge in [0.1, 0.15) is 16.1 Å². The maximum Gasteiger partial charge on any atom is 0.250 e. The molecule has 3 unspecified atom stereocenters. The zero-order valence-corrected chi connectivity index (χ0v) is 43.7. The molecule has 6 aromatic rings. The molecule has 2 aromatic heterocycles. The molecule has 14 heteroatoms. The lowest BCUT2D eigenvalue weighted by molar-refractivity contribution is -0.137. The molecule has 12 nitrogen and oxygen atoms in total. The Hall–Kier alpha value is -6.06. The zero-order valence-electron chi connectivity index (χ0n) is 42.0. The molecule has 4 amide bonds. The highest BCUT2D eigenvalue weighted by atomic mass is 32.1. The Morgan fingerprint density at radius 2 is 1.15 bits per heavy atom. The van der Waals surface area contributed by atoms with E-state index in [-0.39, 0.29) is 36.1 Å². The molecule has 1 aliphatic rings. The van der Waals surface area contributed by atoms with Gasteiger partial charge in [0.25, 0.3) is 0 Å². The molecule has 2 N–H and O–H groups in total. The molecule has 1 fully saturated rings. The number of amides is 4. The molecule has 0 saturated carbocycles. The highest BCUT2D eigenvalue weighted by molar-refractivity contribution is 7.15. The summed E-state index contributed by atoms with van der Waals surface area (Å²) in [6, 6.07) is 35.0. The number of carbonyl (C=O) groups is 4. The topological polar surface area (TPSA) is 131 Å². The first-order chi connectivity index (χ1) is 34.6. The molecule has 0 spiro atoms. The van der Waals surface area contributed by atoms with Crippen molar-refractivity contribution in [3.8, 4) is 32.0 Å². The van der Waals surface area contributed by atoms with Gasteiger partial charge in [-0.05, 0) is 78.8 Å². The average molecular weight is 995 g/mol. The van der Waals surface area contributed by atoms with E-state index in [1.54, 1.807) is 22.7 Å². The van der Waals surface area contributed by atoms with Crippen molar-refractivity contribution in [1.82, 2.24) is 40.2 Å². The van der Waals surface area contributed by atoms with E-state index in [1.165, 1.54) is 0 Å². The van der Waals surface area contributed by atoms with Crippen LogP contribution in [0.3, 0.4) is 0 Å². The lowest BCUT2D eigenvalue weighted by Crippen LogP contribution is -2.43. The van der Waals surface area contributed by atoms with E-state index < -0.39 is 12.1 Å². The smallest absolute Gasteiger partial charge is 0.250 e. The number of aromatic nitrogens is 2. The van der Waals surface area contributed by atoms with Crippen molar-refractivity contribution in [3.63, 3.8) is 0 Å². The summed E-state index contributed by atoms with van der Waals surface area (Å²) in [6.45, 7) is 16.8. The first-order valence-electron chi connectivity index (χ1n) is 25.4. The molecular formula is C57H70N8O4S2. The summed E-state index contributed by atoms with van der Waals surface area (Å²) < 4.78 is 0. The van der Waals surface area contributed by atoms with Gasteiger partial charge in [-0.15, -0.1) is 22.7 Å². The fourth-order valence-corrected chi connectivity index (χ4v) is 11.2. The molecule has 3 atom stereocenters. The molecular weight excluding hydrogens is 925 g/mol. The van der Waals surface area contributed by atoms with Crippen LogP contribution in [0.15, 0.2) is 122 Å². The number of nitrogens with zero attached hydrogens (tertiary/aromatic N) is 6. The summed E-state index contributed by atoms with van der Waals surface area (Å²) in [5.41, 5.74) is 6.00. The molecule has 3 heterocycles. The Bertz CT molecular complexity index is 2610. The van der Waals surface area contributed by atoms with E-state index in [4.69, 9.17) is 9.97 Å². The minimum absolute atomic E-state index is 0.0242. The number of hydrogen-bond acceptors (Lipinski definition) is 10. The molecule has 0 radical (unpaired) electrons. The van der Waals surface area contributed by atoms with E-state index in [9.17, 15) is 19.2 Å². The van der Waals surface area contributed by atoms with Gasteiger partial charge in [0.15, 0.2) is 0 Å². The maximum absolute atomic E-state index is 14.2. The van der Waals surface area contributed by atoms with Crippen LogP contribution < -0.4 is 10.6 Å². The highest BCUT2D eigenvalue weighted by Crippen LogP contribution is 2.39. The highest BCUT2D eigenvalue weighted by Gasteiger charge is 2.34. The van der Waals surface area contributed by atoms with E-state index in [0.717, 1.165) is 98.6 Å². The van der Waals surface area contributed by atoms with Crippen molar-refractivity contribution in [2.75, 3.05) is 52.4 Å². The maximum atomic E-state index is 14.2. The number of rotatable bonds is 25. The van der Waals surface area contributed by atoms with Crippen LogP contribution >= 0.6 is 22.7 Å². The van der Waals surface area contributed by atoms with Crippen LogP contribution in [0.2, 0.25) is 0 Å². The van der Waals surface area contributed by atoms with Gasteiger partial charge >= 0.3 is 0 Å². The quantitative estimate of drug-likeness (QED) is 0.0580. The third-order valence-corrected chi connectivity index (χ3v) is 15.6. The minimum atomic E-state index is -0.784. The van der Waals surface area contributed by atoms with Gasteiger partial charge in [-0.1, -0.05) is 144 Å². The van der Waals surface area contributed by atoms with Crippen molar-refractivity contribution in [2.24, 2.45) is 0 Å². The number of thiazole rings is 2. The molecule has 0 aliphatic carbocycles. The predicted molar refractivity (Wildman–Crippen MR) is 288 cm³/mol. The minimum Gasteiger partial charge on any atom is -0.349 e. The Kier molecular flexibility index (Phi) is 19.6. The van der Waals surface area contributed by atoms with E-state index in [2.05, 4.69) is 104 Å². The van der Waals surface area contributed by atoms with Crippen molar-refractivity contribution >= 4 is 46.3 Å². The van der Waals surface area contributed by atoms with Gasteiger partial charge in [0.05, 0.1) is 34.8 Å². The molecule has 71 heavy (non-hydrogen) atoms. The Balaban J connectivity index is 0.966. The second kappa shape index (κ2) is 26.4. The molecule has 4 aromatic carbocycles. The van der Waals surface area contributed by atoms with Crippen LogP contribution in [0.1, 0.15) is 112 Å². The lowest BCUT2D eigenvalue weighted by Gasteiger charge is -2.28. The fraction of sp³-hybridized carbons (Fsp3) is 0.404. The van der Waals surface area contributed by atoms with Crippen molar-refractivity contribution in [1.29, 1.82) is 0 Å². The number of benzene rings is 4.